The summed E-state index contributed by atoms with van der Waals surface area (Å²) in [4.78, 5) is 9.97. The Hall–Kier alpha value is -1.51. The Morgan fingerprint density at radius 1 is 1.42 bits per heavy atom. The van der Waals surface area contributed by atoms with E-state index in [9.17, 15) is 18.5 Å². The summed E-state index contributed by atoms with van der Waals surface area (Å²) in [6.45, 7) is 4.18. The monoisotopic (exact) mass is 288 g/mol. The van der Waals surface area contributed by atoms with Crippen LogP contribution in [0.3, 0.4) is 0 Å². The first-order valence-corrected chi connectivity index (χ1v) is 6.97. The van der Waals surface area contributed by atoms with Gasteiger partial charge in [-0.1, -0.05) is 0 Å². The van der Waals surface area contributed by atoms with Crippen LogP contribution in [0, 0.1) is 17.0 Å². The summed E-state index contributed by atoms with van der Waals surface area (Å²) in [5, 5.41) is 19.7. The summed E-state index contributed by atoms with van der Waals surface area (Å²) in [6, 6.07) is 3.51. The van der Waals surface area contributed by atoms with Crippen molar-refractivity contribution in [3.05, 3.63) is 33.9 Å². The van der Waals surface area contributed by atoms with E-state index in [1.54, 1.807) is 0 Å². The maximum absolute atomic E-state index is 12.1. The first-order valence-electron chi connectivity index (χ1n) is 5.49. The number of hydrogen-bond donors (Lipinski definition) is 2. The number of nitro benzene ring substituents is 1. The predicted molar refractivity (Wildman–Crippen MR) is 69.3 cm³/mol. The number of nitrogens with zero attached hydrogens (tertiary/aromatic N) is 1. The molecular formula is C11H16N2O5S. The number of aryl methyl sites for hydroxylation is 1. The summed E-state index contributed by atoms with van der Waals surface area (Å²) in [7, 11) is -3.84. The van der Waals surface area contributed by atoms with E-state index in [4.69, 9.17) is 5.11 Å². The molecule has 19 heavy (non-hydrogen) atoms. The van der Waals surface area contributed by atoms with Crippen LogP contribution >= 0.6 is 0 Å². The molecule has 1 aromatic carbocycles. The van der Waals surface area contributed by atoms with E-state index in [0.717, 1.165) is 6.07 Å². The third kappa shape index (κ3) is 3.72. The summed E-state index contributed by atoms with van der Waals surface area (Å²) >= 11 is 0. The van der Waals surface area contributed by atoms with Crippen molar-refractivity contribution in [1.82, 2.24) is 4.72 Å². The second-order valence-corrected chi connectivity index (χ2v) is 6.51. The molecule has 0 aliphatic heterocycles. The molecule has 7 nitrogen and oxygen atoms in total. The Labute approximate surface area is 111 Å². The number of non-ortho nitro benzene ring substituents is 1. The van der Waals surface area contributed by atoms with E-state index in [1.807, 2.05) is 0 Å². The lowest BCUT2D eigenvalue weighted by Gasteiger charge is -2.23. The fraction of sp³-hybridized carbons (Fsp3) is 0.455. The first-order chi connectivity index (χ1) is 8.59. The highest BCUT2D eigenvalue weighted by Gasteiger charge is 2.27. The number of nitrogens with one attached hydrogen (secondary N) is 1. The van der Waals surface area contributed by atoms with Crippen LogP contribution in [0.15, 0.2) is 23.1 Å². The SMILES string of the molecule is Cc1cc([N+](=O)[O-])ccc1S(=O)(=O)NC(C)(C)CO. The van der Waals surface area contributed by atoms with Gasteiger partial charge in [0.1, 0.15) is 0 Å². The second kappa shape index (κ2) is 5.24. The highest BCUT2D eigenvalue weighted by Crippen LogP contribution is 2.22. The minimum atomic E-state index is -3.84. The number of aliphatic hydroxyl groups excluding tert-OH is 1. The van der Waals surface area contributed by atoms with Crippen LogP contribution in [0.25, 0.3) is 0 Å². The molecule has 1 aromatic rings. The van der Waals surface area contributed by atoms with E-state index in [2.05, 4.69) is 4.72 Å². The van der Waals surface area contributed by atoms with E-state index in [1.165, 1.54) is 32.9 Å². The third-order valence-electron chi connectivity index (χ3n) is 2.46. The molecule has 0 atom stereocenters. The molecule has 0 saturated carbocycles. The molecule has 0 saturated heterocycles. The Morgan fingerprint density at radius 3 is 2.42 bits per heavy atom. The van der Waals surface area contributed by atoms with Gasteiger partial charge in [0.05, 0.1) is 22.0 Å². The smallest absolute Gasteiger partial charge is 0.269 e. The van der Waals surface area contributed by atoms with Gasteiger partial charge in [-0.2, -0.15) is 0 Å². The van der Waals surface area contributed by atoms with Gasteiger partial charge < -0.3 is 5.11 Å². The number of nitro groups is 1. The quantitative estimate of drug-likeness (QED) is 0.619. The van der Waals surface area contributed by atoms with Gasteiger partial charge in [0, 0.05) is 12.1 Å². The highest BCUT2D eigenvalue weighted by atomic mass is 32.2. The number of benzene rings is 1. The normalized spacial score (nSPS) is 12.4. The van der Waals surface area contributed by atoms with Crippen molar-refractivity contribution in [3.8, 4) is 0 Å². The van der Waals surface area contributed by atoms with Gasteiger partial charge in [-0.3, -0.25) is 10.1 Å². The standard InChI is InChI=1S/C11H16N2O5S/c1-8-6-9(13(15)16)4-5-10(8)19(17,18)12-11(2,3)7-14/h4-6,12,14H,7H2,1-3H3. The third-order valence-corrected chi connectivity index (χ3v) is 4.32. The Kier molecular flexibility index (Phi) is 4.28. The van der Waals surface area contributed by atoms with Crippen LogP contribution < -0.4 is 4.72 Å². The van der Waals surface area contributed by atoms with Crippen LogP contribution in [0.2, 0.25) is 0 Å². The van der Waals surface area contributed by atoms with Crippen LogP contribution in [0.4, 0.5) is 5.69 Å². The molecule has 1 rings (SSSR count). The van der Waals surface area contributed by atoms with Crippen molar-refractivity contribution in [2.75, 3.05) is 6.61 Å². The predicted octanol–water partition coefficient (Wildman–Crippen LogP) is 0.952. The average Bonchev–Trinajstić information content (AvgIpc) is 2.27. The molecule has 0 fully saturated rings. The molecule has 0 spiro atoms. The van der Waals surface area contributed by atoms with Crippen LogP contribution in [0.5, 0.6) is 0 Å². The molecular weight excluding hydrogens is 272 g/mol. The first kappa shape index (κ1) is 15.5. The van der Waals surface area contributed by atoms with E-state index < -0.39 is 20.5 Å². The van der Waals surface area contributed by atoms with Crippen molar-refractivity contribution in [3.63, 3.8) is 0 Å². The fourth-order valence-electron chi connectivity index (χ4n) is 1.50. The van der Waals surface area contributed by atoms with Gasteiger partial charge in [0.25, 0.3) is 5.69 Å². The Bertz CT molecular complexity index is 595. The number of rotatable bonds is 5. The number of aliphatic hydroxyl groups is 1. The minimum Gasteiger partial charge on any atom is -0.394 e. The molecule has 0 radical (unpaired) electrons. The molecule has 106 valence electrons. The fourth-order valence-corrected chi connectivity index (χ4v) is 3.13. The lowest BCUT2D eigenvalue weighted by molar-refractivity contribution is -0.385. The van der Waals surface area contributed by atoms with Crippen molar-refractivity contribution in [2.24, 2.45) is 0 Å². The molecule has 0 heterocycles. The van der Waals surface area contributed by atoms with E-state index in [-0.39, 0.29) is 22.8 Å². The van der Waals surface area contributed by atoms with Crippen molar-refractivity contribution >= 4 is 15.7 Å². The molecule has 0 aromatic heterocycles. The van der Waals surface area contributed by atoms with E-state index >= 15 is 0 Å². The largest absolute Gasteiger partial charge is 0.394 e. The van der Waals surface area contributed by atoms with Gasteiger partial charge in [-0.25, -0.2) is 13.1 Å². The van der Waals surface area contributed by atoms with Crippen molar-refractivity contribution in [2.45, 2.75) is 31.2 Å². The van der Waals surface area contributed by atoms with Gasteiger partial charge in [-0.15, -0.1) is 0 Å². The van der Waals surface area contributed by atoms with Crippen molar-refractivity contribution in [1.29, 1.82) is 0 Å². The molecule has 0 aliphatic carbocycles. The number of sulfonamides is 1. The van der Waals surface area contributed by atoms with Crippen LogP contribution in [0.1, 0.15) is 19.4 Å². The van der Waals surface area contributed by atoms with E-state index in [0.29, 0.717) is 0 Å². The Morgan fingerprint density at radius 2 is 2.00 bits per heavy atom. The Balaban J connectivity index is 3.20. The van der Waals surface area contributed by atoms with Crippen LogP contribution in [-0.4, -0.2) is 30.6 Å². The highest BCUT2D eigenvalue weighted by molar-refractivity contribution is 7.89. The number of hydrogen-bond acceptors (Lipinski definition) is 5. The van der Waals surface area contributed by atoms with Gasteiger partial charge in [0.15, 0.2) is 0 Å². The second-order valence-electron chi connectivity index (χ2n) is 4.85. The van der Waals surface area contributed by atoms with Crippen molar-refractivity contribution < 1.29 is 18.4 Å². The zero-order valence-electron chi connectivity index (χ0n) is 10.9. The maximum Gasteiger partial charge on any atom is 0.269 e. The summed E-state index contributed by atoms with van der Waals surface area (Å²) in [5.41, 5.74) is -0.902. The molecule has 0 bridgehead atoms. The van der Waals surface area contributed by atoms with Gasteiger partial charge in [0.2, 0.25) is 10.0 Å². The lowest BCUT2D eigenvalue weighted by Crippen LogP contribution is -2.46. The minimum absolute atomic E-state index is 0.0420. The summed E-state index contributed by atoms with van der Waals surface area (Å²) < 4.78 is 26.6. The topological polar surface area (TPSA) is 110 Å². The zero-order valence-corrected chi connectivity index (χ0v) is 11.7. The van der Waals surface area contributed by atoms with Crippen LogP contribution in [-0.2, 0) is 10.0 Å². The maximum atomic E-state index is 12.1. The summed E-state index contributed by atoms with van der Waals surface area (Å²) in [5.74, 6) is 0. The molecule has 8 heteroatoms. The zero-order chi connectivity index (χ0) is 14.8. The molecule has 2 N–H and O–H groups in total. The summed E-state index contributed by atoms with van der Waals surface area (Å²) in [6.07, 6.45) is 0. The van der Waals surface area contributed by atoms with Gasteiger partial charge in [-0.05, 0) is 32.4 Å². The molecule has 0 aliphatic rings. The molecule has 0 amide bonds. The lowest BCUT2D eigenvalue weighted by atomic mass is 10.1. The average molecular weight is 288 g/mol. The molecule has 0 unspecified atom stereocenters. The van der Waals surface area contributed by atoms with Gasteiger partial charge >= 0.3 is 0 Å².